The number of anilines is 1. The van der Waals surface area contributed by atoms with Crippen molar-refractivity contribution in [2.24, 2.45) is 0 Å². The molecule has 148 valence electrons. The third-order valence-corrected chi connectivity index (χ3v) is 5.86. The van der Waals surface area contributed by atoms with E-state index in [-0.39, 0.29) is 34.9 Å². The Hall–Kier alpha value is -2.74. The van der Waals surface area contributed by atoms with Crippen molar-refractivity contribution >= 4 is 28.3 Å². The maximum absolute atomic E-state index is 15.2. The summed E-state index contributed by atoms with van der Waals surface area (Å²) >= 11 is 0. The molecule has 4 rings (SSSR count). The van der Waals surface area contributed by atoms with E-state index in [1.54, 1.807) is 4.57 Å². The molecular formula is C20H22FN3O4. The lowest BCUT2D eigenvalue weighted by atomic mass is 9.91. The number of aromatic nitrogens is 1. The van der Waals surface area contributed by atoms with Gasteiger partial charge in [-0.15, -0.1) is 0 Å². The number of benzene rings is 1. The van der Waals surface area contributed by atoms with Gasteiger partial charge in [-0.1, -0.05) is 6.92 Å². The van der Waals surface area contributed by atoms with Crippen LogP contribution in [0.2, 0.25) is 0 Å². The number of carbonyl (C=O) groups is 2. The van der Waals surface area contributed by atoms with E-state index >= 15 is 4.39 Å². The Morgan fingerprint density at radius 2 is 1.93 bits per heavy atom. The summed E-state index contributed by atoms with van der Waals surface area (Å²) < 4.78 is 16.9. The normalized spacial score (nSPS) is 20.0. The van der Waals surface area contributed by atoms with E-state index in [1.165, 1.54) is 6.20 Å². The highest BCUT2D eigenvalue weighted by molar-refractivity contribution is 6.13. The Morgan fingerprint density at radius 1 is 1.25 bits per heavy atom. The number of aromatic carboxylic acids is 1. The number of Topliss-reactive ketones (excluding diaryl/α,β-unsaturated/α-hetero) is 1. The lowest BCUT2D eigenvalue weighted by Crippen LogP contribution is -2.45. The minimum Gasteiger partial charge on any atom is -0.477 e. The third kappa shape index (κ3) is 2.71. The van der Waals surface area contributed by atoms with Gasteiger partial charge in [0.25, 0.3) is 0 Å². The number of ketones is 1. The zero-order valence-corrected chi connectivity index (χ0v) is 15.9. The number of rotatable bonds is 3. The predicted octanol–water partition coefficient (Wildman–Crippen LogP) is 2.13. The highest BCUT2D eigenvalue weighted by atomic mass is 19.1. The van der Waals surface area contributed by atoms with E-state index in [0.29, 0.717) is 25.0 Å². The lowest BCUT2D eigenvalue weighted by molar-refractivity contribution is 0.0694. The average Bonchev–Trinajstić information content (AvgIpc) is 2.66. The molecule has 0 radical (unpaired) electrons. The first-order valence-corrected chi connectivity index (χ1v) is 9.44. The Labute approximate surface area is 161 Å². The minimum absolute atomic E-state index is 0.0447. The van der Waals surface area contributed by atoms with Gasteiger partial charge in [-0.05, 0) is 19.5 Å². The molecular weight excluding hydrogens is 365 g/mol. The molecule has 8 heteroatoms. The largest absolute Gasteiger partial charge is 0.477 e. The molecule has 1 atom stereocenters. The summed E-state index contributed by atoms with van der Waals surface area (Å²) in [5.74, 6) is -2.21. The number of carbonyl (C=O) groups excluding carboxylic acids is 1. The fraction of sp³-hybridized carbons (Fsp3) is 0.450. The van der Waals surface area contributed by atoms with Crippen LogP contribution in [0.25, 0.3) is 10.9 Å². The van der Waals surface area contributed by atoms with Gasteiger partial charge < -0.3 is 19.5 Å². The molecule has 3 heterocycles. The third-order valence-electron chi connectivity index (χ3n) is 5.86. The Bertz CT molecular complexity index is 1050. The summed E-state index contributed by atoms with van der Waals surface area (Å²) in [5, 5.41) is 9.36. The van der Waals surface area contributed by atoms with E-state index in [4.69, 9.17) is 0 Å². The van der Waals surface area contributed by atoms with Crippen LogP contribution < -0.4 is 10.3 Å². The van der Waals surface area contributed by atoms with Crippen molar-refractivity contribution < 1.29 is 19.1 Å². The van der Waals surface area contributed by atoms with Crippen LogP contribution in [0.3, 0.4) is 0 Å². The Kier molecular flexibility index (Phi) is 4.45. The molecule has 0 bridgehead atoms. The summed E-state index contributed by atoms with van der Waals surface area (Å²) in [7, 11) is 1.99. The van der Waals surface area contributed by atoms with Crippen molar-refractivity contribution in [3.63, 3.8) is 0 Å². The maximum Gasteiger partial charge on any atom is 0.341 e. The second kappa shape index (κ2) is 6.70. The predicted molar refractivity (Wildman–Crippen MR) is 103 cm³/mol. The number of carboxylic acids is 1. The van der Waals surface area contributed by atoms with Gasteiger partial charge in [-0.2, -0.15) is 0 Å². The molecule has 0 amide bonds. The molecule has 2 aliphatic rings. The molecule has 2 aromatic rings. The first-order valence-electron chi connectivity index (χ1n) is 9.44. The summed E-state index contributed by atoms with van der Waals surface area (Å²) in [4.78, 5) is 41.2. The monoisotopic (exact) mass is 387 g/mol. The van der Waals surface area contributed by atoms with Gasteiger partial charge in [0.1, 0.15) is 11.4 Å². The zero-order valence-electron chi connectivity index (χ0n) is 15.9. The summed E-state index contributed by atoms with van der Waals surface area (Å²) in [6.07, 6.45) is 2.07. The Morgan fingerprint density at radius 3 is 2.54 bits per heavy atom. The van der Waals surface area contributed by atoms with Gasteiger partial charge >= 0.3 is 5.97 Å². The number of hydrogen-bond acceptors (Lipinski definition) is 5. The lowest BCUT2D eigenvalue weighted by Gasteiger charge is -2.37. The van der Waals surface area contributed by atoms with Crippen LogP contribution in [-0.2, 0) is 0 Å². The first kappa shape index (κ1) is 18.6. The van der Waals surface area contributed by atoms with Crippen LogP contribution >= 0.6 is 0 Å². The minimum atomic E-state index is -1.35. The van der Waals surface area contributed by atoms with Gasteiger partial charge in [0, 0.05) is 44.8 Å². The highest BCUT2D eigenvalue weighted by Crippen LogP contribution is 2.39. The van der Waals surface area contributed by atoms with Crippen LogP contribution in [0.15, 0.2) is 17.1 Å². The van der Waals surface area contributed by atoms with Gasteiger partial charge in [0.2, 0.25) is 5.43 Å². The topological polar surface area (TPSA) is 82.8 Å². The molecule has 0 saturated carbocycles. The molecule has 28 heavy (non-hydrogen) atoms. The molecule has 0 spiro atoms. The van der Waals surface area contributed by atoms with Crippen molar-refractivity contribution in [3.05, 3.63) is 39.4 Å². The van der Waals surface area contributed by atoms with Crippen LogP contribution in [0, 0.1) is 5.82 Å². The van der Waals surface area contributed by atoms with Crippen LogP contribution in [0.1, 0.15) is 46.5 Å². The summed E-state index contributed by atoms with van der Waals surface area (Å²) in [6, 6.07) is 0.843. The number of carboxylic acid groups (broad SMARTS) is 1. The van der Waals surface area contributed by atoms with Crippen LogP contribution in [0.4, 0.5) is 10.1 Å². The fourth-order valence-corrected chi connectivity index (χ4v) is 4.28. The second-order valence-electron chi connectivity index (χ2n) is 7.54. The Balaban J connectivity index is 2.07. The number of halogens is 1. The van der Waals surface area contributed by atoms with Gasteiger partial charge in [0.05, 0.1) is 22.2 Å². The summed E-state index contributed by atoms with van der Waals surface area (Å²) in [6.45, 7) is 4.54. The molecule has 7 nitrogen and oxygen atoms in total. The van der Waals surface area contributed by atoms with E-state index in [0.717, 1.165) is 19.2 Å². The number of hydrogen-bond donors (Lipinski definition) is 1. The van der Waals surface area contributed by atoms with E-state index < -0.39 is 22.8 Å². The molecule has 0 aliphatic carbocycles. The molecule has 1 fully saturated rings. The first-order chi connectivity index (χ1) is 13.3. The molecule has 1 unspecified atom stereocenters. The summed E-state index contributed by atoms with van der Waals surface area (Å²) in [5.41, 5.74) is -0.366. The molecule has 2 aliphatic heterocycles. The van der Waals surface area contributed by atoms with Crippen molar-refractivity contribution in [1.29, 1.82) is 0 Å². The van der Waals surface area contributed by atoms with Crippen LogP contribution in [-0.4, -0.2) is 59.6 Å². The SMILES string of the molecule is CCC1CC(=O)c2c(N3CCN(C)CC3)c(F)cc3c(=O)c(C(=O)O)cn1c23. The number of likely N-dealkylation sites (N-methyl/N-ethyl adjacent to an activating group) is 1. The van der Waals surface area contributed by atoms with Crippen molar-refractivity contribution in [2.75, 3.05) is 38.1 Å². The van der Waals surface area contributed by atoms with Crippen molar-refractivity contribution in [2.45, 2.75) is 25.8 Å². The molecule has 1 aromatic heterocycles. The van der Waals surface area contributed by atoms with Crippen LogP contribution in [0.5, 0.6) is 0 Å². The molecule has 1 N–H and O–H groups in total. The number of pyridine rings is 1. The van der Waals surface area contributed by atoms with Gasteiger partial charge in [0.15, 0.2) is 5.78 Å². The smallest absolute Gasteiger partial charge is 0.341 e. The zero-order chi connectivity index (χ0) is 20.2. The quantitative estimate of drug-likeness (QED) is 0.869. The number of piperazine rings is 1. The average molecular weight is 387 g/mol. The number of nitrogens with zero attached hydrogens (tertiary/aromatic N) is 3. The maximum atomic E-state index is 15.2. The highest BCUT2D eigenvalue weighted by Gasteiger charge is 2.34. The van der Waals surface area contributed by atoms with E-state index in [1.807, 2.05) is 18.9 Å². The van der Waals surface area contributed by atoms with Gasteiger partial charge in [-0.3, -0.25) is 9.59 Å². The fourth-order valence-electron chi connectivity index (χ4n) is 4.28. The van der Waals surface area contributed by atoms with E-state index in [2.05, 4.69) is 4.90 Å². The second-order valence-corrected chi connectivity index (χ2v) is 7.54. The molecule has 1 saturated heterocycles. The van der Waals surface area contributed by atoms with Gasteiger partial charge in [-0.25, -0.2) is 9.18 Å². The van der Waals surface area contributed by atoms with Crippen molar-refractivity contribution in [1.82, 2.24) is 9.47 Å². The molecule has 1 aromatic carbocycles. The van der Waals surface area contributed by atoms with Crippen molar-refractivity contribution in [3.8, 4) is 0 Å². The van der Waals surface area contributed by atoms with E-state index in [9.17, 15) is 19.5 Å². The standard InChI is InChI=1S/C20H22FN3O4/c1-3-11-8-15(25)16-17-12(19(26)13(20(27)28)10-24(11)17)9-14(21)18(16)23-6-4-22(2)5-7-23/h9-11H,3-8H2,1-2H3,(H,27,28).